The topological polar surface area (TPSA) is 20.2 Å². The van der Waals surface area contributed by atoms with Gasteiger partial charge in [0.25, 0.3) is 0 Å². The molecule has 0 saturated carbocycles. The number of rotatable bonds is 9. The first kappa shape index (κ1) is 29.8. The van der Waals surface area contributed by atoms with Crippen molar-refractivity contribution in [2.45, 2.75) is 142 Å². The molecule has 0 amide bonds. The molecule has 1 aromatic rings. The molecule has 1 nitrogen and oxygen atoms in total. The third-order valence-electron chi connectivity index (χ3n) is 7.12. The van der Waals surface area contributed by atoms with Crippen molar-refractivity contribution in [1.29, 1.82) is 0 Å². The van der Waals surface area contributed by atoms with Crippen molar-refractivity contribution in [1.82, 2.24) is 0 Å². The average molecular weight is 497 g/mol. The summed E-state index contributed by atoms with van der Waals surface area (Å²) in [5, 5.41) is 11.3. The van der Waals surface area contributed by atoms with E-state index in [0.717, 1.165) is 49.7 Å². The summed E-state index contributed by atoms with van der Waals surface area (Å²) in [6.07, 6.45) is 15.2. The van der Waals surface area contributed by atoms with Crippen molar-refractivity contribution >= 4 is 11.8 Å². The second-order valence-electron chi connectivity index (χ2n) is 13.4. The van der Waals surface area contributed by atoms with Gasteiger partial charge in [0.05, 0.1) is 0 Å². The third kappa shape index (κ3) is 8.59. The lowest BCUT2D eigenvalue weighted by Crippen LogP contribution is -2.22. The molecule has 0 aromatic heterocycles. The highest BCUT2D eigenvalue weighted by atomic mass is 32.2. The van der Waals surface area contributed by atoms with Gasteiger partial charge in [-0.1, -0.05) is 76.5 Å². The van der Waals surface area contributed by atoms with Crippen molar-refractivity contribution < 1.29 is 5.11 Å². The predicted octanol–water partition coefficient (Wildman–Crippen LogP) is 10.6. The van der Waals surface area contributed by atoms with Crippen LogP contribution < -0.4 is 0 Å². The number of phenols is 1. The molecule has 0 saturated heterocycles. The number of hydrogen-bond donors (Lipinski definition) is 1. The second-order valence-corrected chi connectivity index (χ2v) is 15.0. The van der Waals surface area contributed by atoms with Gasteiger partial charge in [-0.3, -0.25) is 0 Å². The van der Waals surface area contributed by atoms with Crippen LogP contribution in [0.15, 0.2) is 45.9 Å². The van der Waals surface area contributed by atoms with Crippen molar-refractivity contribution in [2.24, 2.45) is 0 Å². The molecule has 2 rings (SSSR count). The number of phenolic OH excluding ortho intramolecular Hbond substituents is 1. The Kier molecular flexibility index (Phi) is 10.0. The molecule has 1 aliphatic rings. The predicted molar refractivity (Wildman–Crippen MR) is 158 cm³/mol. The molecule has 1 aromatic carbocycles. The van der Waals surface area contributed by atoms with E-state index in [2.05, 4.69) is 100 Å². The number of allylic oxidation sites excluding steroid dienone is 6. The van der Waals surface area contributed by atoms with E-state index < -0.39 is 0 Å². The highest BCUT2D eigenvalue weighted by molar-refractivity contribution is 8.01. The first-order valence-corrected chi connectivity index (χ1v) is 14.4. The Morgan fingerprint density at radius 3 is 1.94 bits per heavy atom. The van der Waals surface area contributed by atoms with E-state index >= 15 is 0 Å². The summed E-state index contributed by atoms with van der Waals surface area (Å²) >= 11 is 2.04. The van der Waals surface area contributed by atoms with E-state index in [9.17, 15) is 5.11 Å². The fraction of sp³-hybridized carbons (Fsp3) is 0.636. The molecule has 35 heavy (non-hydrogen) atoms. The van der Waals surface area contributed by atoms with Crippen LogP contribution in [0.5, 0.6) is 5.75 Å². The van der Waals surface area contributed by atoms with E-state index in [0.29, 0.717) is 5.75 Å². The zero-order valence-corrected chi connectivity index (χ0v) is 25.4. The Balaban J connectivity index is 2.04. The lowest BCUT2D eigenvalue weighted by molar-refractivity contribution is 0.418. The molecule has 2 heteroatoms. The smallest absolute Gasteiger partial charge is 0.123 e. The molecule has 0 radical (unpaired) electrons. The molecule has 0 aliphatic carbocycles. The van der Waals surface area contributed by atoms with Gasteiger partial charge in [0.1, 0.15) is 5.75 Å². The van der Waals surface area contributed by atoms with Crippen LogP contribution in [-0.2, 0) is 17.3 Å². The Labute approximate surface area is 221 Å². The molecule has 0 fully saturated rings. The number of hydrogen-bond acceptors (Lipinski definition) is 2. The maximum Gasteiger partial charge on any atom is 0.123 e. The van der Waals surface area contributed by atoms with E-state index in [1.807, 2.05) is 11.8 Å². The van der Waals surface area contributed by atoms with Crippen molar-refractivity contribution in [2.75, 3.05) is 0 Å². The van der Waals surface area contributed by atoms with Crippen LogP contribution in [0, 0.1) is 0 Å². The Bertz CT molecular complexity index is 974. The van der Waals surface area contributed by atoms with Gasteiger partial charge in [-0.25, -0.2) is 0 Å². The van der Waals surface area contributed by atoms with Gasteiger partial charge in [0.2, 0.25) is 0 Å². The fourth-order valence-electron chi connectivity index (χ4n) is 5.11. The summed E-state index contributed by atoms with van der Waals surface area (Å²) in [6, 6.07) is 2.28. The zero-order chi connectivity index (χ0) is 26.6. The second kappa shape index (κ2) is 11.8. The average Bonchev–Trinajstić information content (AvgIpc) is 3.00. The normalized spacial score (nSPS) is 19.2. The maximum absolute atomic E-state index is 11.3. The zero-order valence-electron chi connectivity index (χ0n) is 24.6. The van der Waals surface area contributed by atoms with Crippen molar-refractivity contribution in [3.8, 4) is 5.75 Å². The number of benzene rings is 1. The first-order chi connectivity index (χ1) is 16.0. The molecular weight excluding hydrogens is 444 g/mol. The summed E-state index contributed by atoms with van der Waals surface area (Å²) in [5.41, 5.74) is 7.90. The SMILES string of the molecule is CC(C)=CCC/C(C)=C/CC/C(C)=C/CCC1(C)Cc2c(cc(C(C)(C)C)c(O)c2C(C)(C)C)S1. The molecule has 0 spiro atoms. The summed E-state index contributed by atoms with van der Waals surface area (Å²) in [6.45, 7) is 24.6. The van der Waals surface area contributed by atoms with Gasteiger partial charge < -0.3 is 5.11 Å². The van der Waals surface area contributed by atoms with E-state index in [1.54, 1.807) is 0 Å². The molecule has 1 heterocycles. The van der Waals surface area contributed by atoms with Crippen LogP contribution >= 0.6 is 11.8 Å². The summed E-state index contributed by atoms with van der Waals surface area (Å²) in [7, 11) is 0. The minimum absolute atomic E-state index is 0.0725. The first-order valence-electron chi connectivity index (χ1n) is 13.6. The molecular formula is C33H52OS. The van der Waals surface area contributed by atoms with Crippen LogP contribution in [-0.4, -0.2) is 9.85 Å². The highest BCUT2D eigenvalue weighted by Crippen LogP contribution is 2.54. The molecule has 196 valence electrons. The molecule has 1 N–H and O–H groups in total. The Hall–Kier alpha value is -1.41. The number of aromatic hydroxyl groups is 1. The van der Waals surface area contributed by atoms with Crippen LogP contribution in [0.1, 0.15) is 131 Å². The molecule has 1 atom stereocenters. The fourth-order valence-corrected chi connectivity index (χ4v) is 6.55. The van der Waals surface area contributed by atoms with Gasteiger partial charge in [-0.15, -0.1) is 11.8 Å². The minimum atomic E-state index is -0.0744. The quantitative estimate of drug-likeness (QED) is 0.343. The molecule has 1 unspecified atom stereocenters. The van der Waals surface area contributed by atoms with Gasteiger partial charge in [0.15, 0.2) is 0 Å². The van der Waals surface area contributed by atoms with Gasteiger partial charge >= 0.3 is 0 Å². The maximum atomic E-state index is 11.3. The summed E-state index contributed by atoms with van der Waals surface area (Å²) in [5.74, 6) is 0.522. The number of fused-ring (bicyclic) bond motifs is 1. The lowest BCUT2D eigenvalue weighted by atomic mass is 9.76. The number of thioether (sulfide) groups is 1. The van der Waals surface area contributed by atoms with E-state index in [4.69, 9.17) is 0 Å². The van der Waals surface area contributed by atoms with Crippen LogP contribution in [0.4, 0.5) is 0 Å². The summed E-state index contributed by atoms with van der Waals surface area (Å²) < 4.78 is 0.184. The van der Waals surface area contributed by atoms with Gasteiger partial charge in [-0.05, 0) is 102 Å². The van der Waals surface area contributed by atoms with Crippen molar-refractivity contribution in [3.63, 3.8) is 0 Å². The monoisotopic (exact) mass is 496 g/mol. The standard InChI is InChI=1S/C33H52OS/c1-23(2)15-12-16-24(3)17-13-18-25(4)19-14-20-33(11)22-26-28(35-33)21-27(31(5,6)7)30(34)29(26)32(8,9)10/h15,17,19,21,34H,12-14,16,18,20,22H2,1-11H3/b24-17+,25-19+. The van der Waals surface area contributed by atoms with E-state index in [1.165, 1.54) is 33.6 Å². The largest absolute Gasteiger partial charge is 0.507 e. The Morgan fingerprint density at radius 2 is 1.43 bits per heavy atom. The molecule has 0 bridgehead atoms. The van der Waals surface area contributed by atoms with Crippen molar-refractivity contribution in [3.05, 3.63) is 57.7 Å². The van der Waals surface area contributed by atoms with Crippen LogP contribution in [0.25, 0.3) is 0 Å². The minimum Gasteiger partial charge on any atom is -0.507 e. The highest BCUT2D eigenvalue weighted by Gasteiger charge is 2.39. The van der Waals surface area contributed by atoms with Gasteiger partial charge in [0, 0.05) is 20.8 Å². The summed E-state index contributed by atoms with van der Waals surface area (Å²) in [4.78, 5) is 1.38. The van der Waals surface area contributed by atoms with Crippen LogP contribution in [0.2, 0.25) is 0 Å². The van der Waals surface area contributed by atoms with E-state index in [-0.39, 0.29) is 15.6 Å². The lowest BCUT2D eigenvalue weighted by Gasteiger charge is -2.29. The van der Waals surface area contributed by atoms with Gasteiger partial charge in [-0.2, -0.15) is 0 Å². The third-order valence-corrected chi connectivity index (χ3v) is 8.55. The Morgan fingerprint density at radius 1 is 0.886 bits per heavy atom. The van der Waals surface area contributed by atoms with Crippen LogP contribution in [0.3, 0.4) is 0 Å². The molecule has 1 aliphatic heterocycles.